The van der Waals surface area contributed by atoms with E-state index in [0.717, 1.165) is 12.5 Å². The van der Waals surface area contributed by atoms with Crippen molar-refractivity contribution in [3.05, 3.63) is 23.5 Å². The van der Waals surface area contributed by atoms with Crippen molar-refractivity contribution in [3.8, 4) is 17.6 Å². The van der Waals surface area contributed by atoms with E-state index < -0.39 is 40.5 Å². The van der Waals surface area contributed by atoms with E-state index >= 15 is 0 Å². The summed E-state index contributed by atoms with van der Waals surface area (Å²) in [5, 5.41) is 24.3. The summed E-state index contributed by atoms with van der Waals surface area (Å²) in [5.41, 5.74) is -1.44. The smallest absolute Gasteiger partial charge is 0.309 e. The molecule has 2 aliphatic rings. The quantitative estimate of drug-likeness (QED) is 0.453. The largest absolute Gasteiger partial charge is 0.496 e. The number of aliphatic carboxylic acids is 1. The number of nitrogens with zero attached hydrogens (tertiary/aromatic N) is 1. The summed E-state index contributed by atoms with van der Waals surface area (Å²) < 4.78 is 25.9. The average Bonchev–Trinajstić information content (AvgIpc) is 3.32. The number of nitrogens with one attached hydrogen (secondary N) is 2. The Labute approximate surface area is 216 Å². The molecule has 0 spiro atoms. The minimum Gasteiger partial charge on any atom is -0.496 e. The Kier molecular flexibility index (Phi) is 8.67. The molecule has 3 rings (SSSR count). The number of carbonyl (C=O) groups excluding carboxylic acids is 2. The molecule has 9 nitrogen and oxygen atoms in total. The monoisotopic (exact) mass is 517 g/mol. The second-order valence-corrected chi connectivity index (χ2v) is 11.0. The summed E-state index contributed by atoms with van der Waals surface area (Å²) >= 11 is 0. The van der Waals surface area contributed by atoms with Crippen molar-refractivity contribution in [1.29, 1.82) is 5.26 Å². The highest BCUT2D eigenvalue weighted by atomic mass is 19.1. The van der Waals surface area contributed by atoms with E-state index in [1.807, 2.05) is 0 Å². The first-order valence-corrected chi connectivity index (χ1v) is 12.7. The number of carboxylic acids is 1. The van der Waals surface area contributed by atoms with Crippen molar-refractivity contribution in [2.24, 2.45) is 16.7 Å². The molecule has 1 aromatic carbocycles. The first-order valence-electron chi connectivity index (χ1n) is 12.7. The Bertz CT molecular complexity index is 1070. The zero-order valence-electron chi connectivity index (χ0n) is 21.9. The molecule has 1 aromatic rings. The molecular weight excluding hydrogens is 481 g/mol. The third-order valence-corrected chi connectivity index (χ3v) is 7.52. The molecule has 0 aliphatic heterocycles. The number of nitriles is 1. The first-order chi connectivity index (χ1) is 17.4. The van der Waals surface area contributed by atoms with Crippen LogP contribution in [0.4, 0.5) is 4.39 Å². The van der Waals surface area contributed by atoms with E-state index in [1.54, 1.807) is 20.8 Å². The topological polar surface area (TPSA) is 138 Å². The van der Waals surface area contributed by atoms with Gasteiger partial charge < -0.3 is 25.2 Å². The number of carboxylic acid groups (broad SMARTS) is 1. The molecule has 0 aromatic heterocycles. The van der Waals surface area contributed by atoms with Gasteiger partial charge in [0.05, 0.1) is 41.6 Å². The molecule has 10 heteroatoms. The molecule has 0 saturated heterocycles. The number of ether oxygens (including phenoxy) is 2. The van der Waals surface area contributed by atoms with Crippen molar-refractivity contribution in [2.45, 2.75) is 77.9 Å². The van der Waals surface area contributed by atoms with Crippen molar-refractivity contribution in [2.75, 3.05) is 13.7 Å². The standard InChI is InChI=1S/C27H36FN3O6/c1-26(2,14-29)15-30-23(32)17-6-5-7-20(17)31-24(33)18-12-22(19(28)13-21(18)36-4)37-16-8-10-27(3,11-9-16)25(34)35/h12-13,16-17,20H,5-11,15H2,1-4H3,(H,30,32)(H,31,33)(H,34,35)/t16-,17-,20+,27+/m0/s1. The highest BCUT2D eigenvalue weighted by Crippen LogP contribution is 2.38. The van der Waals surface area contributed by atoms with Gasteiger partial charge in [0, 0.05) is 18.7 Å². The van der Waals surface area contributed by atoms with Crippen molar-refractivity contribution in [1.82, 2.24) is 10.6 Å². The maximum absolute atomic E-state index is 14.8. The van der Waals surface area contributed by atoms with Crippen LogP contribution in [0.15, 0.2) is 12.1 Å². The fourth-order valence-corrected chi connectivity index (χ4v) is 4.88. The number of methoxy groups -OCH3 is 1. The van der Waals surface area contributed by atoms with Crippen LogP contribution in [0.25, 0.3) is 0 Å². The Morgan fingerprint density at radius 1 is 1.19 bits per heavy atom. The van der Waals surface area contributed by atoms with E-state index in [4.69, 9.17) is 9.47 Å². The lowest BCUT2D eigenvalue weighted by Gasteiger charge is -2.34. The maximum atomic E-state index is 14.8. The molecule has 0 heterocycles. The fourth-order valence-electron chi connectivity index (χ4n) is 4.88. The van der Waals surface area contributed by atoms with Gasteiger partial charge in [0.15, 0.2) is 11.6 Å². The molecule has 2 saturated carbocycles. The SMILES string of the molecule is COc1cc(F)c(O[C@H]2CC[C@@](C)(C(=O)O)CC2)cc1C(=O)N[C@@H]1CCC[C@@H]1C(=O)NCC(C)(C)C#N. The minimum atomic E-state index is -0.854. The van der Waals surface area contributed by atoms with Crippen LogP contribution >= 0.6 is 0 Å². The first kappa shape index (κ1) is 28.2. The number of rotatable bonds is 9. The lowest BCUT2D eigenvalue weighted by molar-refractivity contribution is -0.150. The van der Waals surface area contributed by atoms with Gasteiger partial charge in [0.2, 0.25) is 5.91 Å². The molecule has 0 bridgehead atoms. The second kappa shape index (κ2) is 11.4. The lowest BCUT2D eigenvalue weighted by Crippen LogP contribution is -2.45. The second-order valence-electron chi connectivity index (χ2n) is 11.0. The molecule has 0 radical (unpaired) electrons. The maximum Gasteiger partial charge on any atom is 0.309 e. The third kappa shape index (κ3) is 6.70. The van der Waals surface area contributed by atoms with Gasteiger partial charge >= 0.3 is 5.97 Å². The minimum absolute atomic E-state index is 0.0409. The molecule has 2 aliphatic carbocycles. The van der Waals surface area contributed by atoms with Crippen LogP contribution < -0.4 is 20.1 Å². The van der Waals surface area contributed by atoms with Gasteiger partial charge in [-0.25, -0.2) is 4.39 Å². The summed E-state index contributed by atoms with van der Waals surface area (Å²) in [7, 11) is 1.34. The molecule has 2 amide bonds. The van der Waals surface area contributed by atoms with Gasteiger partial charge in [-0.1, -0.05) is 6.42 Å². The van der Waals surface area contributed by atoms with Gasteiger partial charge in [0.25, 0.3) is 5.91 Å². The van der Waals surface area contributed by atoms with Crippen LogP contribution in [-0.2, 0) is 9.59 Å². The molecule has 2 atom stereocenters. The number of carbonyl (C=O) groups is 3. The highest BCUT2D eigenvalue weighted by molar-refractivity contribution is 5.98. The Morgan fingerprint density at radius 3 is 2.46 bits per heavy atom. The lowest BCUT2D eigenvalue weighted by atomic mass is 9.75. The van der Waals surface area contributed by atoms with Crippen LogP contribution in [0, 0.1) is 33.9 Å². The summed E-state index contributed by atoms with van der Waals surface area (Å²) in [6.07, 6.45) is 3.35. The van der Waals surface area contributed by atoms with Crippen LogP contribution in [0.5, 0.6) is 11.5 Å². The van der Waals surface area contributed by atoms with Gasteiger partial charge in [0.1, 0.15) is 5.75 Å². The van der Waals surface area contributed by atoms with E-state index in [0.29, 0.717) is 38.5 Å². The van der Waals surface area contributed by atoms with Crippen LogP contribution in [0.1, 0.15) is 76.1 Å². The summed E-state index contributed by atoms with van der Waals surface area (Å²) in [4.78, 5) is 37.5. The van der Waals surface area contributed by atoms with E-state index in [9.17, 15) is 29.1 Å². The normalized spacial score (nSPS) is 25.6. The highest BCUT2D eigenvalue weighted by Gasteiger charge is 2.39. The van der Waals surface area contributed by atoms with Crippen molar-refractivity contribution < 1.29 is 33.4 Å². The van der Waals surface area contributed by atoms with Crippen LogP contribution in [0.3, 0.4) is 0 Å². The number of hydrogen-bond acceptors (Lipinski definition) is 6. The summed E-state index contributed by atoms with van der Waals surface area (Å²) in [6.45, 7) is 5.38. The molecular formula is C27H36FN3O6. The molecule has 37 heavy (non-hydrogen) atoms. The predicted molar refractivity (Wildman–Crippen MR) is 133 cm³/mol. The third-order valence-electron chi connectivity index (χ3n) is 7.52. The number of hydrogen-bond donors (Lipinski definition) is 3. The van der Waals surface area contributed by atoms with Gasteiger partial charge in [-0.15, -0.1) is 0 Å². The molecule has 0 unspecified atom stereocenters. The Hall–Kier alpha value is -3.35. The van der Waals surface area contributed by atoms with Gasteiger partial charge in [-0.05, 0) is 65.4 Å². The van der Waals surface area contributed by atoms with E-state index in [1.165, 1.54) is 13.2 Å². The number of amides is 2. The number of benzene rings is 1. The van der Waals surface area contributed by atoms with E-state index in [-0.39, 0.29) is 35.6 Å². The van der Waals surface area contributed by atoms with Crippen LogP contribution in [-0.4, -0.2) is 48.7 Å². The summed E-state index contributed by atoms with van der Waals surface area (Å²) in [6, 6.07) is 4.13. The average molecular weight is 518 g/mol. The van der Waals surface area contributed by atoms with Crippen LogP contribution in [0.2, 0.25) is 0 Å². The predicted octanol–water partition coefficient (Wildman–Crippen LogP) is 3.81. The van der Waals surface area contributed by atoms with Gasteiger partial charge in [-0.2, -0.15) is 5.26 Å². The molecule has 202 valence electrons. The Morgan fingerprint density at radius 2 is 1.86 bits per heavy atom. The zero-order valence-corrected chi connectivity index (χ0v) is 21.9. The fraction of sp³-hybridized carbons (Fsp3) is 0.630. The van der Waals surface area contributed by atoms with Crippen molar-refractivity contribution >= 4 is 17.8 Å². The Balaban J connectivity index is 1.70. The van der Waals surface area contributed by atoms with E-state index in [2.05, 4.69) is 16.7 Å². The number of halogens is 1. The van der Waals surface area contributed by atoms with Gasteiger partial charge in [-0.3, -0.25) is 14.4 Å². The van der Waals surface area contributed by atoms with Crippen molar-refractivity contribution in [3.63, 3.8) is 0 Å². The molecule has 3 N–H and O–H groups in total. The summed E-state index contributed by atoms with van der Waals surface area (Å²) in [5.74, 6) is -2.76. The molecule has 2 fully saturated rings. The zero-order chi connectivity index (χ0) is 27.4.